The Hall–Kier alpha value is -3.26. The van der Waals surface area contributed by atoms with Gasteiger partial charge in [0.15, 0.2) is 0 Å². The highest BCUT2D eigenvalue weighted by atomic mass is 19.3. The third-order valence-electron chi connectivity index (χ3n) is 5.38. The van der Waals surface area contributed by atoms with Gasteiger partial charge in [-0.1, -0.05) is 50.1 Å². The van der Waals surface area contributed by atoms with Gasteiger partial charge in [0.05, 0.1) is 11.1 Å². The molecular weight excluding hydrogens is 411 g/mol. The first-order valence-electron chi connectivity index (χ1n) is 10.8. The third kappa shape index (κ3) is 6.37. The number of hydrogen-bond acceptors (Lipinski definition) is 2. The number of benzene rings is 3. The molecule has 0 N–H and O–H groups in total. The van der Waals surface area contributed by atoms with Crippen LogP contribution in [0.4, 0.5) is 13.2 Å². The lowest BCUT2D eigenvalue weighted by Crippen LogP contribution is -2.21. The topological polar surface area (TPSA) is 33.0 Å². The molecule has 3 aromatic rings. The molecule has 2 nitrogen and oxygen atoms in total. The smallest absolute Gasteiger partial charge is 0.426 e. The van der Waals surface area contributed by atoms with Crippen molar-refractivity contribution in [3.63, 3.8) is 0 Å². The van der Waals surface area contributed by atoms with E-state index in [1.165, 1.54) is 36.4 Å². The fraction of sp³-hybridized carbons (Fsp3) is 0.296. The van der Waals surface area contributed by atoms with Gasteiger partial charge in [-0.25, -0.2) is 4.39 Å². The average Bonchev–Trinajstić information content (AvgIpc) is 2.79. The van der Waals surface area contributed by atoms with Crippen LogP contribution in [0, 0.1) is 17.1 Å². The van der Waals surface area contributed by atoms with Crippen molar-refractivity contribution in [2.75, 3.05) is 0 Å². The van der Waals surface area contributed by atoms with E-state index in [-0.39, 0.29) is 16.9 Å². The lowest BCUT2D eigenvalue weighted by Gasteiger charge is -2.19. The Morgan fingerprint density at radius 3 is 2.03 bits per heavy atom. The predicted octanol–water partition coefficient (Wildman–Crippen LogP) is 7.34. The van der Waals surface area contributed by atoms with Gasteiger partial charge >= 0.3 is 6.11 Å². The number of nitriles is 1. The average molecular weight is 438 g/mol. The molecular formula is C27H26F3NO. The van der Waals surface area contributed by atoms with Crippen molar-refractivity contribution in [3.8, 4) is 11.8 Å². The minimum Gasteiger partial charge on any atom is -0.429 e. The zero-order chi connectivity index (χ0) is 23.0. The number of aryl methyl sites for hydroxylation is 3. The molecule has 0 unspecified atom stereocenters. The summed E-state index contributed by atoms with van der Waals surface area (Å²) in [6.45, 7) is 2.13. The summed E-state index contributed by atoms with van der Waals surface area (Å²) >= 11 is 0. The minimum absolute atomic E-state index is 0.0160. The van der Waals surface area contributed by atoms with E-state index in [9.17, 15) is 13.2 Å². The third-order valence-corrected chi connectivity index (χ3v) is 5.38. The summed E-state index contributed by atoms with van der Waals surface area (Å²) in [4.78, 5) is 0. The Balaban J connectivity index is 1.57. The van der Waals surface area contributed by atoms with E-state index >= 15 is 0 Å². The van der Waals surface area contributed by atoms with Crippen molar-refractivity contribution in [2.45, 2.75) is 51.6 Å². The summed E-state index contributed by atoms with van der Waals surface area (Å²) in [6.07, 6.45) is 1.94. The van der Waals surface area contributed by atoms with Crippen molar-refractivity contribution in [2.24, 2.45) is 0 Å². The highest BCUT2D eigenvalue weighted by Gasteiger charge is 2.34. The van der Waals surface area contributed by atoms with Gasteiger partial charge in [-0.3, -0.25) is 0 Å². The van der Waals surface area contributed by atoms with Crippen LogP contribution < -0.4 is 4.74 Å². The zero-order valence-corrected chi connectivity index (χ0v) is 18.1. The summed E-state index contributed by atoms with van der Waals surface area (Å²) in [5.74, 6) is -0.458. The Labute approximate surface area is 187 Å². The molecule has 0 amide bonds. The first-order chi connectivity index (χ1) is 15.4. The number of unbranched alkanes of at least 4 members (excludes halogenated alkanes) is 2. The molecule has 5 heteroatoms. The number of hydrogen-bond donors (Lipinski definition) is 0. The van der Waals surface area contributed by atoms with Crippen LogP contribution in [0.15, 0.2) is 66.7 Å². The molecule has 166 valence electrons. The second-order valence-electron chi connectivity index (χ2n) is 7.84. The van der Waals surface area contributed by atoms with E-state index in [4.69, 9.17) is 10.00 Å². The number of nitrogens with zero attached hydrogens (tertiary/aromatic N) is 1. The van der Waals surface area contributed by atoms with Crippen LogP contribution in [-0.2, 0) is 25.4 Å². The van der Waals surface area contributed by atoms with Crippen molar-refractivity contribution in [1.82, 2.24) is 0 Å². The molecule has 0 heterocycles. The number of ether oxygens (including phenoxy) is 1. The van der Waals surface area contributed by atoms with Gasteiger partial charge in [0.1, 0.15) is 17.6 Å². The number of halogens is 3. The molecule has 0 radical (unpaired) electrons. The molecule has 0 spiro atoms. The molecule has 0 fully saturated rings. The van der Waals surface area contributed by atoms with E-state index in [1.807, 2.05) is 0 Å². The Morgan fingerprint density at radius 1 is 0.812 bits per heavy atom. The SMILES string of the molecule is CCCCCc1ccc(C(F)(F)Oc2ccc(CCc3ccc(C#N)c(F)c3)cc2)cc1. The highest BCUT2D eigenvalue weighted by molar-refractivity contribution is 5.34. The predicted molar refractivity (Wildman–Crippen MR) is 119 cm³/mol. The maximum Gasteiger partial charge on any atom is 0.426 e. The summed E-state index contributed by atoms with van der Waals surface area (Å²) < 4.78 is 47.8. The normalized spacial score (nSPS) is 11.2. The molecule has 3 aromatic carbocycles. The fourth-order valence-corrected chi connectivity index (χ4v) is 3.47. The van der Waals surface area contributed by atoms with E-state index in [0.717, 1.165) is 42.4 Å². The molecule has 32 heavy (non-hydrogen) atoms. The maximum absolute atomic E-state index is 14.6. The Kier molecular flexibility index (Phi) is 7.94. The monoisotopic (exact) mass is 437 g/mol. The Morgan fingerprint density at radius 2 is 1.41 bits per heavy atom. The van der Waals surface area contributed by atoms with Gasteiger partial charge in [-0.15, -0.1) is 0 Å². The van der Waals surface area contributed by atoms with Gasteiger partial charge in [0, 0.05) is 0 Å². The molecule has 0 aromatic heterocycles. The van der Waals surface area contributed by atoms with Crippen LogP contribution in [0.25, 0.3) is 0 Å². The first-order valence-corrected chi connectivity index (χ1v) is 10.8. The van der Waals surface area contributed by atoms with Crippen molar-refractivity contribution in [3.05, 3.63) is 100 Å². The van der Waals surface area contributed by atoms with Gasteiger partial charge in [-0.2, -0.15) is 14.0 Å². The largest absolute Gasteiger partial charge is 0.429 e. The van der Waals surface area contributed by atoms with Crippen LogP contribution in [-0.4, -0.2) is 0 Å². The van der Waals surface area contributed by atoms with Crippen molar-refractivity contribution < 1.29 is 17.9 Å². The second-order valence-corrected chi connectivity index (χ2v) is 7.84. The molecule has 0 aliphatic rings. The van der Waals surface area contributed by atoms with E-state index in [1.54, 1.807) is 36.4 Å². The molecule has 0 saturated heterocycles. The molecule has 0 aliphatic heterocycles. The van der Waals surface area contributed by atoms with Gasteiger partial charge in [0.25, 0.3) is 0 Å². The molecule has 0 bridgehead atoms. The first kappa shape index (κ1) is 23.4. The fourth-order valence-electron chi connectivity index (χ4n) is 3.47. The number of alkyl halides is 2. The van der Waals surface area contributed by atoms with E-state index < -0.39 is 11.9 Å². The molecule has 3 rings (SSSR count). The standard InChI is InChI=1S/C27H26F3NO/c1-2-3-4-5-20-9-14-24(15-10-20)27(29,30)32-25-16-11-21(12-17-25)6-7-22-8-13-23(19-31)26(28)18-22/h8-18H,2-7H2,1H3. The van der Waals surface area contributed by atoms with Gasteiger partial charge in [0.2, 0.25) is 0 Å². The lowest BCUT2D eigenvalue weighted by molar-refractivity contribution is -0.185. The van der Waals surface area contributed by atoms with E-state index in [0.29, 0.717) is 12.8 Å². The Bertz CT molecular complexity index is 1050. The van der Waals surface area contributed by atoms with Gasteiger partial charge in [-0.05, 0) is 78.8 Å². The summed E-state index contributed by atoms with van der Waals surface area (Å²) in [5, 5.41) is 8.79. The molecule has 0 aliphatic carbocycles. The second kappa shape index (κ2) is 10.9. The maximum atomic E-state index is 14.6. The van der Waals surface area contributed by atoms with Crippen molar-refractivity contribution in [1.29, 1.82) is 5.26 Å². The van der Waals surface area contributed by atoms with Crippen LogP contribution in [0.3, 0.4) is 0 Å². The minimum atomic E-state index is -3.43. The number of rotatable bonds is 10. The van der Waals surface area contributed by atoms with E-state index in [2.05, 4.69) is 6.92 Å². The van der Waals surface area contributed by atoms with Crippen LogP contribution in [0.1, 0.15) is 54.0 Å². The summed E-state index contributed by atoms with van der Waals surface area (Å²) in [7, 11) is 0. The highest BCUT2D eigenvalue weighted by Crippen LogP contribution is 2.32. The van der Waals surface area contributed by atoms with Crippen LogP contribution in [0.2, 0.25) is 0 Å². The van der Waals surface area contributed by atoms with Crippen LogP contribution in [0.5, 0.6) is 5.75 Å². The quantitative estimate of drug-likeness (QED) is 0.311. The van der Waals surface area contributed by atoms with Gasteiger partial charge < -0.3 is 4.74 Å². The van der Waals surface area contributed by atoms with Crippen molar-refractivity contribution >= 4 is 0 Å². The summed E-state index contributed by atoms with van der Waals surface area (Å²) in [6, 6.07) is 19.1. The molecule has 0 atom stereocenters. The summed E-state index contributed by atoms with van der Waals surface area (Å²) in [5.41, 5.74) is 2.57. The molecule has 0 saturated carbocycles. The van der Waals surface area contributed by atoms with Crippen LogP contribution >= 0.6 is 0 Å². The lowest BCUT2D eigenvalue weighted by atomic mass is 10.0. The zero-order valence-electron chi connectivity index (χ0n) is 18.1.